The lowest BCUT2D eigenvalue weighted by molar-refractivity contribution is -0.136. The van der Waals surface area contributed by atoms with Crippen molar-refractivity contribution >= 4 is 23.3 Å². The summed E-state index contributed by atoms with van der Waals surface area (Å²) >= 11 is 0. The van der Waals surface area contributed by atoms with Crippen molar-refractivity contribution in [3.8, 4) is 0 Å². The Hall–Kier alpha value is -3.02. The van der Waals surface area contributed by atoms with Gasteiger partial charge in [0.15, 0.2) is 5.78 Å². The number of benzene rings is 1. The largest absolute Gasteiger partial charge is 0.344 e. The van der Waals surface area contributed by atoms with Gasteiger partial charge >= 0.3 is 11.8 Å². The highest BCUT2D eigenvalue weighted by atomic mass is 16.2. The minimum absolute atomic E-state index is 0.114. The number of carbonyl (C=O) groups is 3. The topological polar surface area (TPSA) is 88.2 Å². The van der Waals surface area contributed by atoms with Crippen LogP contribution in [0.25, 0.3) is 0 Å². The van der Waals surface area contributed by atoms with Crippen LogP contribution < -0.4 is 10.6 Å². The van der Waals surface area contributed by atoms with Gasteiger partial charge in [-0.25, -0.2) is 0 Å². The summed E-state index contributed by atoms with van der Waals surface area (Å²) in [6.45, 7) is 1.65. The van der Waals surface area contributed by atoms with Crippen LogP contribution in [0.3, 0.4) is 0 Å². The molecule has 0 aliphatic rings. The molecule has 2 N–H and O–H groups in total. The molecule has 0 saturated heterocycles. The smallest absolute Gasteiger partial charge is 0.313 e. The molecule has 1 heterocycles. The van der Waals surface area contributed by atoms with Gasteiger partial charge in [-0.2, -0.15) is 0 Å². The number of nitrogens with one attached hydrogen (secondary N) is 2. The number of Topliss-reactive ketones (excluding diaryl/α,β-unsaturated/α-hetero) is 1. The minimum atomic E-state index is -0.787. The Balaban J connectivity index is 1.92. The van der Waals surface area contributed by atoms with E-state index in [4.69, 9.17) is 0 Å². The van der Waals surface area contributed by atoms with Crippen LogP contribution in [0.2, 0.25) is 0 Å². The van der Waals surface area contributed by atoms with E-state index in [1.54, 1.807) is 42.7 Å². The number of ketones is 1. The summed E-state index contributed by atoms with van der Waals surface area (Å²) in [4.78, 5) is 38.7. The molecule has 0 radical (unpaired) electrons. The normalized spacial score (nSPS) is 9.86. The molecule has 0 aliphatic carbocycles. The molecule has 0 bridgehead atoms. The van der Waals surface area contributed by atoms with Gasteiger partial charge in [-0.15, -0.1) is 0 Å². The number of carbonyl (C=O) groups excluding carboxylic acids is 3. The van der Waals surface area contributed by atoms with Crippen LogP contribution >= 0.6 is 0 Å². The number of nitrogens with zero attached hydrogens (tertiary/aromatic N) is 1. The summed E-state index contributed by atoms with van der Waals surface area (Å²) in [6, 6.07) is 9.95. The Labute approximate surface area is 127 Å². The van der Waals surface area contributed by atoms with Crippen molar-refractivity contribution in [1.29, 1.82) is 0 Å². The first-order valence-corrected chi connectivity index (χ1v) is 6.65. The van der Waals surface area contributed by atoms with Crippen LogP contribution in [0.4, 0.5) is 5.69 Å². The maximum Gasteiger partial charge on any atom is 0.313 e. The monoisotopic (exact) mass is 297 g/mol. The van der Waals surface area contributed by atoms with Crippen molar-refractivity contribution < 1.29 is 14.4 Å². The minimum Gasteiger partial charge on any atom is -0.344 e. The summed E-state index contributed by atoms with van der Waals surface area (Å²) in [6.07, 6.45) is 3.23. The van der Waals surface area contributed by atoms with Gasteiger partial charge in [0.1, 0.15) is 0 Å². The average molecular weight is 297 g/mol. The molecule has 112 valence electrons. The highest BCUT2D eigenvalue weighted by Gasteiger charge is 2.13. The molecule has 6 heteroatoms. The first kappa shape index (κ1) is 15.4. The summed E-state index contributed by atoms with van der Waals surface area (Å²) in [5.74, 6) is -1.65. The van der Waals surface area contributed by atoms with E-state index in [0.717, 1.165) is 5.56 Å². The molecule has 2 amide bonds. The van der Waals surface area contributed by atoms with Gasteiger partial charge in [-0.1, -0.05) is 18.2 Å². The van der Waals surface area contributed by atoms with Gasteiger partial charge in [0.05, 0.1) is 0 Å². The summed E-state index contributed by atoms with van der Waals surface area (Å²) in [5.41, 5.74) is 1.66. The highest BCUT2D eigenvalue weighted by molar-refractivity contribution is 6.39. The molecule has 0 spiro atoms. The summed E-state index contributed by atoms with van der Waals surface area (Å²) < 4.78 is 0. The predicted octanol–water partition coefficient (Wildman–Crippen LogP) is 1.54. The number of aromatic nitrogens is 1. The standard InChI is InChI=1S/C16H15N3O3/c1-11(20)13-5-2-6-14(8-13)19-16(22)15(21)18-10-12-4-3-7-17-9-12/h2-9H,10H2,1H3,(H,18,21)(H,19,22). The second-order valence-electron chi connectivity index (χ2n) is 4.64. The first-order valence-electron chi connectivity index (χ1n) is 6.65. The second-order valence-corrected chi connectivity index (χ2v) is 4.64. The zero-order valence-electron chi connectivity index (χ0n) is 12.0. The van der Waals surface area contributed by atoms with E-state index in [1.807, 2.05) is 0 Å². The Morgan fingerprint density at radius 1 is 1.09 bits per heavy atom. The molecule has 22 heavy (non-hydrogen) atoms. The van der Waals surface area contributed by atoms with Crippen molar-refractivity contribution in [2.45, 2.75) is 13.5 Å². The number of amides is 2. The number of hydrogen-bond donors (Lipinski definition) is 2. The molecule has 0 saturated carbocycles. The molecule has 2 rings (SSSR count). The third-order valence-electron chi connectivity index (χ3n) is 2.91. The lowest BCUT2D eigenvalue weighted by Crippen LogP contribution is -2.35. The zero-order valence-corrected chi connectivity index (χ0v) is 12.0. The molecule has 0 atom stereocenters. The molecular formula is C16H15N3O3. The van der Waals surface area contributed by atoms with Crippen LogP contribution in [0.5, 0.6) is 0 Å². The van der Waals surface area contributed by atoms with Crippen molar-refractivity contribution in [2.24, 2.45) is 0 Å². The molecule has 0 aliphatic heterocycles. The molecule has 6 nitrogen and oxygen atoms in total. The number of pyridine rings is 1. The van der Waals surface area contributed by atoms with Crippen LogP contribution in [-0.2, 0) is 16.1 Å². The van der Waals surface area contributed by atoms with Gasteiger partial charge in [-0.3, -0.25) is 19.4 Å². The van der Waals surface area contributed by atoms with Crippen LogP contribution in [-0.4, -0.2) is 22.6 Å². The molecule has 1 aromatic carbocycles. The molecular weight excluding hydrogens is 282 g/mol. The highest BCUT2D eigenvalue weighted by Crippen LogP contribution is 2.11. The second kappa shape index (κ2) is 7.12. The van der Waals surface area contributed by atoms with E-state index in [2.05, 4.69) is 15.6 Å². The number of anilines is 1. The maximum atomic E-state index is 11.8. The van der Waals surface area contributed by atoms with Gasteiger partial charge < -0.3 is 10.6 Å². The lowest BCUT2D eigenvalue weighted by atomic mass is 10.1. The molecule has 0 unspecified atom stereocenters. The predicted molar refractivity (Wildman–Crippen MR) is 81.2 cm³/mol. The van der Waals surface area contributed by atoms with Gasteiger partial charge in [0, 0.05) is 30.2 Å². The van der Waals surface area contributed by atoms with E-state index in [0.29, 0.717) is 11.3 Å². The van der Waals surface area contributed by atoms with Gasteiger partial charge in [0.2, 0.25) is 0 Å². The number of hydrogen-bond acceptors (Lipinski definition) is 4. The summed E-state index contributed by atoms with van der Waals surface area (Å²) in [5, 5.41) is 4.95. The fourth-order valence-corrected chi connectivity index (χ4v) is 1.77. The Morgan fingerprint density at radius 2 is 1.91 bits per heavy atom. The Bertz CT molecular complexity index is 699. The third kappa shape index (κ3) is 4.24. The number of rotatable bonds is 4. The van der Waals surface area contributed by atoms with Crippen molar-refractivity contribution in [1.82, 2.24) is 10.3 Å². The van der Waals surface area contributed by atoms with E-state index in [-0.39, 0.29) is 12.3 Å². The third-order valence-corrected chi connectivity index (χ3v) is 2.91. The average Bonchev–Trinajstić information content (AvgIpc) is 2.53. The zero-order chi connectivity index (χ0) is 15.9. The van der Waals surface area contributed by atoms with Crippen LogP contribution in [0.1, 0.15) is 22.8 Å². The fourth-order valence-electron chi connectivity index (χ4n) is 1.77. The maximum absolute atomic E-state index is 11.8. The lowest BCUT2D eigenvalue weighted by Gasteiger charge is -2.07. The van der Waals surface area contributed by atoms with E-state index in [9.17, 15) is 14.4 Å². The summed E-state index contributed by atoms with van der Waals surface area (Å²) in [7, 11) is 0. The Kier molecular flexibility index (Phi) is 4.98. The van der Waals surface area contributed by atoms with Gasteiger partial charge in [-0.05, 0) is 30.7 Å². The van der Waals surface area contributed by atoms with Crippen LogP contribution in [0, 0.1) is 0 Å². The van der Waals surface area contributed by atoms with Crippen LogP contribution in [0.15, 0.2) is 48.8 Å². The van der Waals surface area contributed by atoms with Crippen molar-refractivity contribution in [3.63, 3.8) is 0 Å². The Morgan fingerprint density at radius 3 is 2.59 bits per heavy atom. The fraction of sp³-hybridized carbons (Fsp3) is 0.125. The molecule has 0 fully saturated rings. The molecule has 1 aromatic heterocycles. The van der Waals surface area contributed by atoms with E-state index < -0.39 is 11.8 Å². The quantitative estimate of drug-likeness (QED) is 0.662. The van der Waals surface area contributed by atoms with Crippen molar-refractivity contribution in [3.05, 3.63) is 59.9 Å². The van der Waals surface area contributed by atoms with E-state index in [1.165, 1.54) is 13.0 Å². The first-order chi connectivity index (χ1) is 10.6. The van der Waals surface area contributed by atoms with Crippen molar-refractivity contribution in [2.75, 3.05) is 5.32 Å². The molecule has 2 aromatic rings. The SMILES string of the molecule is CC(=O)c1cccc(NC(=O)C(=O)NCc2cccnc2)c1. The van der Waals surface area contributed by atoms with Gasteiger partial charge in [0.25, 0.3) is 0 Å². The van der Waals surface area contributed by atoms with E-state index >= 15 is 0 Å².